The van der Waals surface area contributed by atoms with E-state index in [0.717, 1.165) is 19.2 Å². The Morgan fingerprint density at radius 1 is 1.26 bits per heavy atom. The number of sulfone groups is 1. The molecule has 0 saturated heterocycles. The van der Waals surface area contributed by atoms with Crippen molar-refractivity contribution in [3.05, 3.63) is 34.5 Å². The number of aromatic nitrogens is 2. The predicted molar refractivity (Wildman–Crippen MR) is 144 cm³/mol. The molecule has 1 aromatic heterocycles. The summed E-state index contributed by atoms with van der Waals surface area (Å²) in [7, 11) is -3.26. The normalized spacial score (nSPS) is 21.3. The Labute approximate surface area is 244 Å². The molecular weight excluding hydrogens is 613 g/mol. The molecule has 236 valence electrons. The van der Waals surface area contributed by atoms with Crippen LogP contribution in [0, 0.1) is 0 Å². The summed E-state index contributed by atoms with van der Waals surface area (Å²) in [5.41, 5.74) is -3.82. The fraction of sp³-hybridized carbons (Fsp3) is 0.615. The standard InChI is InChI=1S/C26H33ClF5N3O6S/c1-4-35-21(17-6-5-15(13-18(17)41-23(28)29)24(2,37)11-12-26(30,31)32)19(27)20(34-35)22(36)33-14-25(38)9-7-16(8-10-25)42(3,39)40/h5-6,13,16,23,37-38H,4,7-12,14H2,1-3H3,(H,33,36)/t16-,24?,25+. The van der Waals surface area contributed by atoms with Gasteiger partial charge in [-0.1, -0.05) is 17.7 Å². The highest BCUT2D eigenvalue weighted by molar-refractivity contribution is 7.91. The minimum Gasteiger partial charge on any atom is -0.434 e. The SMILES string of the molecule is CCn1nc(C(=O)NC[C@]2(O)CC[C@@H](S(C)(=O)=O)CC2)c(Cl)c1-c1ccc(C(C)(O)CCC(F)(F)F)cc1OC(F)F. The number of carbonyl (C=O) groups is 1. The number of hydrogen-bond donors (Lipinski definition) is 3. The Bertz CT molecular complexity index is 1390. The predicted octanol–water partition coefficient (Wildman–Crippen LogP) is 4.82. The second-order valence-corrected chi connectivity index (χ2v) is 13.4. The average molecular weight is 646 g/mol. The maximum absolute atomic E-state index is 13.4. The van der Waals surface area contributed by atoms with Crippen molar-refractivity contribution in [2.75, 3.05) is 12.8 Å². The summed E-state index contributed by atoms with van der Waals surface area (Å²) in [5, 5.41) is 27.4. The molecule has 0 aliphatic heterocycles. The highest BCUT2D eigenvalue weighted by atomic mass is 35.5. The van der Waals surface area contributed by atoms with Crippen LogP contribution >= 0.6 is 11.6 Å². The molecule has 42 heavy (non-hydrogen) atoms. The van der Waals surface area contributed by atoms with Crippen LogP contribution in [0.2, 0.25) is 5.02 Å². The van der Waals surface area contributed by atoms with Crippen LogP contribution in [-0.2, 0) is 22.0 Å². The summed E-state index contributed by atoms with van der Waals surface area (Å²) < 4.78 is 94.4. The number of alkyl halides is 5. The van der Waals surface area contributed by atoms with E-state index >= 15 is 0 Å². The summed E-state index contributed by atoms with van der Waals surface area (Å²) in [5.74, 6) is -1.29. The molecule has 0 radical (unpaired) electrons. The van der Waals surface area contributed by atoms with Gasteiger partial charge < -0.3 is 20.3 Å². The van der Waals surface area contributed by atoms with Gasteiger partial charge in [-0.25, -0.2) is 8.42 Å². The number of halogens is 6. The number of aryl methyl sites for hydroxylation is 1. The first-order chi connectivity index (χ1) is 19.3. The third-order valence-electron chi connectivity index (χ3n) is 7.43. The van der Waals surface area contributed by atoms with Gasteiger partial charge in [0.05, 0.1) is 27.2 Å². The van der Waals surface area contributed by atoms with Crippen molar-refractivity contribution in [1.29, 1.82) is 0 Å². The van der Waals surface area contributed by atoms with E-state index in [1.807, 2.05) is 0 Å². The van der Waals surface area contributed by atoms with E-state index in [1.54, 1.807) is 6.92 Å². The van der Waals surface area contributed by atoms with E-state index in [0.29, 0.717) is 0 Å². The monoisotopic (exact) mass is 645 g/mol. The molecule has 1 unspecified atom stereocenters. The first-order valence-electron chi connectivity index (χ1n) is 13.1. The smallest absolute Gasteiger partial charge is 0.389 e. The average Bonchev–Trinajstić information content (AvgIpc) is 3.21. The number of aliphatic hydroxyl groups is 2. The van der Waals surface area contributed by atoms with Gasteiger partial charge in [-0.3, -0.25) is 9.48 Å². The van der Waals surface area contributed by atoms with E-state index in [4.69, 9.17) is 11.6 Å². The van der Waals surface area contributed by atoms with Crippen LogP contribution in [0.3, 0.4) is 0 Å². The van der Waals surface area contributed by atoms with Gasteiger partial charge in [-0.05, 0) is 63.6 Å². The van der Waals surface area contributed by atoms with Crippen molar-refractivity contribution in [3.63, 3.8) is 0 Å². The molecule has 0 spiro atoms. The highest BCUT2D eigenvalue weighted by Gasteiger charge is 2.38. The molecule has 1 amide bonds. The number of hydrogen-bond acceptors (Lipinski definition) is 7. The first kappa shape index (κ1) is 34.0. The maximum Gasteiger partial charge on any atom is 0.389 e. The van der Waals surface area contributed by atoms with Gasteiger partial charge >= 0.3 is 12.8 Å². The summed E-state index contributed by atoms with van der Waals surface area (Å²) in [6.07, 6.45) is -4.72. The third kappa shape index (κ3) is 8.32. The zero-order valence-electron chi connectivity index (χ0n) is 23.1. The lowest BCUT2D eigenvalue weighted by Gasteiger charge is -2.35. The molecule has 16 heteroatoms. The number of benzene rings is 1. The van der Waals surface area contributed by atoms with Gasteiger partial charge in [-0.15, -0.1) is 0 Å². The fourth-order valence-corrected chi connectivity index (χ4v) is 6.32. The summed E-state index contributed by atoms with van der Waals surface area (Å²) >= 11 is 6.51. The molecule has 1 aromatic carbocycles. The van der Waals surface area contributed by atoms with Crippen LogP contribution in [-0.4, -0.2) is 70.8 Å². The van der Waals surface area contributed by atoms with E-state index in [2.05, 4.69) is 15.2 Å². The lowest BCUT2D eigenvalue weighted by atomic mass is 9.84. The number of ether oxygens (including phenoxy) is 1. The summed E-state index contributed by atoms with van der Waals surface area (Å²) in [6.45, 7) is -0.668. The lowest BCUT2D eigenvalue weighted by Crippen LogP contribution is -2.47. The van der Waals surface area contributed by atoms with E-state index in [1.165, 1.54) is 16.8 Å². The molecule has 1 atom stereocenters. The maximum atomic E-state index is 13.4. The van der Waals surface area contributed by atoms with Gasteiger partial charge in [0, 0.05) is 31.3 Å². The van der Waals surface area contributed by atoms with Crippen molar-refractivity contribution >= 4 is 27.3 Å². The molecule has 1 fully saturated rings. The van der Waals surface area contributed by atoms with Gasteiger partial charge in [0.2, 0.25) is 0 Å². The Hall–Kier alpha value is -2.49. The van der Waals surface area contributed by atoms with Crippen LogP contribution < -0.4 is 10.1 Å². The Balaban J connectivity index is 1.89. The number of amides is 1. The van der Waals surface area contributed by atoms with Gasteiger partial charge in [0.25, 0.3) is 5.91 Å². The third-order valence-corrected chi connectivity index (χ3v) is 9.47. The van der Waals surface area contributed by atoms with Crippen molar-refractivity contribution < 1.29 is 50.1 Å². The molecular formula is C26H33ClF5N3O6S. The molecule has 9 nitrogen and oxygen atoms in total. The molecule has 3 N–H and O–H groups in total. The number of carbonyl (C=O) groups excluding carboxylic acids is 1. The molecule has 1 saturated carbocycles. The molecule has 0 bridgehead atoms. The van der Waals surface area contributed by atoms with Crippen LogP contribution in [0.25, 0.3) is 11.3 Å². The number of nitrogens with one attached hydrogen (secondary N) is 1. The topological polar surface area (TPSA) is 131 Å². The van der Waals surface area contributed by atoms with Crippen molar-refractivity contribution in [2.24, 2.45) is 0 Å². The number of nitrogens with zero attached hydrogens (tertiary/aromatic N) is 2. The van der Waals surface area contributed by atoms with Crippen molar-refractivity contribution in [3.8, 4) is 17.0 Å². The quantitative estimate of drug-likeness (QED) is 0.299. The summed E-state index contributed by atoms with van der Waals surface area (Å²) in [4.78, 5) is 13.0. The molecule has 2 aromatic rings. The van der Waals surface area contributed by atoms with Gasteiger partial charge in [0.15, 0.2) is 5.69 Å². The Morgan fingerprint density at radius 2 is 1.88 bits per heavy atom. The molecule has 1 heterocycles. The van der Waals surface area contributed by atoms with Gasteiger partial charge in [-0.2, -0.15) is 27.1 Å². The van der Waals surface area contributed by atoms with E-state index < -0.39 is 63.6 Å². The van der Waals surface area contributed by atoms with Crippen LogP contribution in [0.5, 0.6) is 5.75 Å². The second-order valence-electron chi connectivity index (χ2n) is 10.7. The number of rotatable bonds is 11. The Kier molecular flexibility index (Phi) is 10.2. The Morgan fingerprint density at radius 3 is 2.40 bits per heavy atom. The molecule has 1 aliphatic rings. The minimum atomic E-state index is -4.55. The van der Waals surface area contributed by atoms with E-state index in [9.17, 15) is 45.4 Å². The van der Waals surface area contributed by atoms with Crippen molar-refractivity contribution in [2.45, 2.75) is 88.2 Å². The largest absolute Gasteiger partial charge is 0.434 e. The fourth-order valence-electron chi connectivity index (χ4n) is 4.91. The van der Waals surface area contributed by atoms with Crippen LogP contribution in [0.15, 0.2) is 18.2 Å². The lowest BCUT2D eigenvalue weighted by molar-refractivity contribution is -0.146. The van der Waals surface area contributed by atoms with Crippen molar-refractivity contribution in [1.82, 2.24) is 15.1 Å². The zero-order chi connectivity index (χ0) is 31.7. The van der Waals surface area contributed by atoms with Gasteiger partial charge in [0.1, 0.15) is 15.6 Å². The zero-order valence-corrected chi connectivity index (χ0v) is 24.7. The first-order valence-corrected chi connectivity index (χ1v) is 15.4. The minimum absolute atomic E-state index is 0.00817. The molecule has 3 rings (SSSR count). The summed E-state index contributed by atoms with van der Waals surface area (Å²) in [6, 6.07) is 3.47. The highest BCUT2D eigenvalue weighted by Crippen LogP contribution is 2.41. The second kappa shape index (κ2) is 12.6. The van der Waals surface area contributed by atoms with Crippen LogP contribution in [0.4, 0.5) is 22.0 Å². The molecule has 1 aliphatic carbocycles. The van der Waals surface area contributed by atoms with Crippen LogP contribution in [0.1, 0.15) is 68.4 Å². The van der Waals surface area contributed by atoms with E-state index in [-0.39, 0.29) is 66.3 Å².